The van der Waals surface area contributed by atoms with E-state index in [0.717, 1.165) is 17.7 Å². The average Bonchev–Trinajstić information content (AvgIpc) is 2.67. The number of amides is 1. The van der Waals surface area contributed by atoms with Gasteiger partial charge in [0, 0.05) is 18.4 Å². The van der Waals surface area contributed by atoms with E-state index in [-0.39, 0.29) is 5.91 Å². The largest absolute Gasteiger partial charge is 0.352 e. The molecule has 132 valence electrons. The lowest BCUT2D eigenvalue weighted by atomic mass is 10.1. The number of carbonyl (C=O) groups excluding carboxylic acids is 1. The van der Waals surface area contributed by atoms with Gasteiger partial charge in [0.15, 0.2) is 0 Å². The monoisotopic (exact) mass is 345 g/mol. The van der Waals surface area contributed by atoms with Crippen LogP contribution in [0.4, 0.5) is 11.5 Å². The van der Waals surface area contributed by atoms with Crippen molar-refractivity contribution in [2.75, 3.05) is 11.9 Å². The number of nitrogens with one attached hydrogen (secondary N) is 2. The third kappa shape index (κ3) is 4.28. The standard InChI is InChI=1S/C22H23N3O/c1-16-8-6-12-20(17(16)2)25-21-19(11-7-14-23-21)22(26)24-15-13-18-9-4-3-5-10-18/h3-12,14H,13,15H2,1-2H3,(H,23,25)(H,24,26). The van der Waals surface area contributed by atoms with Crippen molar-refractivity contribution >= 4 is 17.4 Å². The number of rotatable bonds is 6. The van der Waals surface area contributed by atoms with Crippen LogP contribution >= 0.6 is 0 Å². The number of carbonyl (C=O) groups is 1. The molecule has 2 aromatic carbocycles. The van der Waals surface area contributed by atoms with Crippen LogP contribution in [-0.2, 0) is 6.42 Å². The van der Waals surface area contributed by atoms with Crippen LogP contribution in [0.15, 0.2) is 66.9 Å². The Morgan fingerprint density at radius 3 is 2.58 bits per heavy atom. The molecule has 0 saturated heterocycles. The molecule has 1 aromatic heterocycles. The second kappa shape index (κ2) is 8.30. The molecular weight excluding hydrogens is 322 g/mol. The van der Waals surface area contributed by atoms with Crippen LogP contribution in [-0.4, -0.2) is 17.4 Å². The summed E-state index contributed by atoms with van der Waals surface area (Å²) in [6.07, 6.45) is 2.49. The molecule has 1 heterocycles. The molecular formula is C22H23N3O. The Balaban J connectivity index is 1.70. The van der Waals surface area contributed by atoms with E-state index in [4.69, 9.17) is 0 Å². The number of hydrogen-bond donors (Lipinski definition) is 2. The highest BCUT2D eigenvalue weighted by atomic mass is 16.1. The minimum absolute atomic E-state index is 0.123. The van der Waals surface area contributed by atoms with Crippen molar-refractivity contribution in [3.05, 3.63) is 89.1 Å². The molecule has 4 nitrogen and oxygen atoms in total. The quantitative estimate of drug-likeness (QED) is 0.695. The number of hydrogen-bond acceptors (Lipinski definition) is 3. The summed E-state index contributed by atoms with van der Waals surface area (Å²) < 4.78 is 0. The van der Waals surface area contributed by atoms with E-state index in [1.54, 1.807) is 18.3 Å². The Bertz CT molecular complexity index is 891. The number of aromatic nitrogens is 1. The molecule has 2 N–H and O–H groups in total. The van der Waals surface area contributed by atoms with Crippen LogP contribution in [0.1, 0.15) is 27.0 Å². The minimum Gasteiger partial charge on any atom is -0.352 e. The summed E-state index contributed by atoms with van der Waals surface area (Å²) >= 11 is 0. The predicted molar refractivity (Wildman–Crippen MR) is 106 cm³/mol. The lowest BCUT2D eigenvalue weighted by Gasteiger charge is -2.14. The third-order valence-electron chi connectivity index (χ3n) is 4.45. The van der Waals surface area contributed by atoms with Gasteiger partial charge in [-0.2, -0.15) is 0 Å². The SMILES string of the molecule is Cc1cccc(Nc2ncccc2C(=O)NCCc2ccccc2)c1C. The van der Waals surface area contributed by atoms with E-state index in [1.165, 1.54) is 11.1 Å². The normalized spacial score (nSPS) is 10.4. The molecule has 0 spiro atoms. The first-order chi connectivity index (χ1) is 12.6. The Hall–Kier alpha value is -3.14. The number of pyridine rings is 1. The first kappa shape index (κ1) is 17.7. The van der Waals surface area contributed by atoms with Gasteiger partial charge in [-0.1, -0.05) is 42.5 Å². The van der Waals surface area contributed by atoms with Crippen LogP contribution in [0.5, 0.6) is 0 Å². The first-order valence-electron chi connectivity index (χ1n) is 8.75. The summed E-state index contributed by atoms with van der Waals surface area (Å²) in [7, 11) is 0. The minimum atomic E-state index is -0.123. The van der Waals surface area contributed by atoms with Crippen molar-refractivity contribution in [2.24, 2.45) is 0 Å². The summed E-state index contributed by atoms with van der Waals surface area (Å²) in [4.78, 5) is 17.0. The Morgan fingerprint density at radius 1 is 0.962 bits per heavy atom. The van der Waals surface area contributed by atoms with Crippen molar-refractivity contribution in [1.82, 2.24) is 10.3 Å². The lowest BCUT2D eigenvalue weighted by molar-refractivity contribution is 0.0954. The number of aryl methyl sites for hydroxylation is 1. The van der Waals surface area contributed by atoms with E-state index >= 15 is 0 Å². The van der Waals surface area contributed by atoms with Crippen molar-refractivity contribution < 1.29 is 4.79 Å². The number of benzene rings is 2. The van der Waals surface area contributed by atoms with Crippen LogP contribution < -0.4 is 10.6 Å². The van der Waals surface area contributed by atoms with E-state index in [1.807, 2.05) is 30.3 Å². The maximum atomic E-state index is 12.6. The highest BCUT2D eigenvalue weighted by Crippen LogP contribution is 2.23. The first-order valence-corrected chi connectivity index (χ1v) is 8.75. The maximum Gasteiger partial charge on any atom is 0.255 e. The molecule has 0 aliphatic rings. The van der Waals surface area contributed by atoms with Crippen molar-refractivity contribution in [2.45, 2.75) is 20.3 Å². The number of nitrogens with zero attached hydrogens (tertiary/aromatic N) is 1. The number of anilines is 2. The zero-order valence-electron chi connectivity index (χ0n) is 15.1. The van der Waals surface area contributed by atoms with Gasteiger partial charge in [-0.05, 0) is 55.2 Å². The van der Waals surface area contributed by atoms with Crippen LogP contribution in [0.25, 0.3) is 0 Å². The van der Waals surface area contributed by atoms with Gasteiger partial charge >= 0.3 is 0 Å². The molecule has 0 aliphatic heterocycles. The summed E-state index contributed by atoms with van der Waals surface area (Å²) in [5, 5.41) is 6.28. The van der Waals surface area contributed by atoms with E-state index in [2.05, 4.69) is 47.7 Å². The van der Waals surface area contributed by atoms with Crippen molar-refractivity contribution in [3.63, 3.8) is 0 Å². The van der Waals surface area contributed by atoms with Gasteiger partial charge in [0.1, 0.15) is 5.82 Å². The van der Waals surface area contributed by atoms with E-state index in [0.29, 0.717) is 17.9 Å². The molecule has 3 aromatic rings. The molecule has 4 heteroatoms. The highest BCUT2D eigenvalue weighted by molar-refractivity contribution is 5.99. The zero-order chi connectivity index (χ0) is 18.4. The second-order valence-corrected chi connectivity index (χ2v) is 6.26. The van der Waals surface area contributed by atoms with Gasteiger partial charge in [0.2, 0.25) is 0 Å². The van der Waals surface area contributed by atoms with Crippen molar-refractivity contribution in [1.29, 1.82) is 0 Å². The van der Waals surface area contributed by atoms with Gasteiger partial charge in [0.25, 0.3) is 5.91 Å². The molecule has 0 unspecified atom stereocenters. The fraction of sp³-hybridized carbons (Fsp3) is 0.182. The van der Waals surface area contributed by atoms with Crippen LogP contribution in [0, 0.1) is 13.8 Å². The summed E-state index contributed by atoms with van der Waals surface area (Å²) in [5.41, 5.74) is 5.05. The predicted octanol–water partition coefficient (Wildman–Crippen LogP) is 4.41. The summed E-state index contributed by atoms with van der Waals surface area (Å²) in [6.45, 7) is 4.71. The van der Waals surface area contributed by atoms with E-state index < -0.39 is 0 Å². The molecule has 0 fully saturated rings. The summed E-state index contributed by atoms with van der Waals surface area (Å²) in [5.74, 6) is 0.445. The molecule has 1 amide bonds. The molecule has 0 saturated carbocycles. The Morgan fingerprint density at radius 2 is 1.77 bits per heavy atom. The molecule has 0 radical (unpaired) electrons. The zero-order valence-corrected chi connectivity index (χ0v) is 15.1. The maximum absolute atomic E-state index is 12.6. The highest BCUT2D eigenvalue weighted by Gasteiger charge is 2.13. The fourth-order valence-corrected chi connectivity index (χ4v) is 2.76. The van der Waals surface area contributed by atoms with E-state index in [9.17, 15) is 4.79 Å². The topological polar surface area (TPSA) is 54.0 Å². The summed E-state index contributed by atoms with van der Waals surface area (Å²) in [6, 6.07) is 19.7. The molecule has 0 bridgehead atoms. The lowest BCUT2D eigenvalue weighted by Crippen LogP contribution is -2.26. The molecule has 0 atom stereocenters. The van der Waals surface area contributed by atoms with Gasteiger partial charge in [-0.25, -0.2) is 4.98 Å². The molecule has 0 aliphatic carbocycles. The average molecular weight is 345 g/mol. The fourth-order valence-electron chi connectivity index (χ4n) is 2.76. The Labute approximate surface area is 154 Å². The van der Waals surface area contributed by atoms with Crippen molar-refractivity contribution in [3.8, 4) is 0 Å². The third-order valence-corrected chi connectivity index (χ3v) is 4.45. The van der Waals surface area contributed by atoms with Gasteiger partial charge in [0.05, 0.1) is 5.56 Å². The molecule has 26 heavy (non-hydrogen) atoms. The van der Waals surface area contributed by atoms with Gasteiger partial charge < -0.3 is 10.6 Å². The second-order valence-electron chi connectivity index (χ2n) is 6.26. The van der Waals surface area contributed by atoms with Gasteiger partial charge in [-0.15, -0.1) is 0 Å². The van der Waals surface area contributed by atoms with Crippen LogP contribution in [0.3, 0.4) is 0 Å². The Kier molecular flexibility index (Phi) is 5.64. The molecule has 3 rings (SSSR count). The smallest absolute Gasteiger partial charge is 0.255 e. The van der Waals surface area contributed by atoms with Crippen LogP contribution in [0.2, 0.25) is 0 Å². The van der Waals surface area contributed by atoms with Gasteiger partial charge in [-0.3, -0.25) is 4.79 Å².